The second-order valence-corrected chi connectivity index (χ2v) is 10.3. The summed E-state index contributed by atoms with van der Waals surface area (Å²) in [6.07, 6.45) is -12.4. The Morgan fingerprint density at radius 3 is 1.91 bits per heavy atom. The first-order valence-corrected chi connectivity index (χ1v) is 13.3. The SMILES string of the molecule is Cc1ccc(C(=O)CC(NC(=O)CN2C(=O)c3ccccc3C2=O)(c2ccc(OCCCC(F)(F)F)cc2)C(F)(F)F)cc1. The van der Waals surface area contributed by atoms with Crippen LogP contribution in [-0.2, 0) is 10.3 Å². The number of Topliss-reactive ketones (excluding diaryl/α,β-unsaturated/α-hetero) is 1. The van der Waals surface area contributed by atoms with Crippen LogP contribution in [0.3, 0.4) is 0 Å². The van der Waals surface area contributed by atoms with Gasteiger partial charge in [0.2, 0.25) is 5.91 Å². The summed E-state index contributed by atoms with van der Waals surface area (Å²) >= 11 is 0. The van der Waals surface area contributed by atoms with E-state index < -0.39 is 66.3 Å². The minimum absolute atomic E-state index is 0.00671. The number of rotatable bonds is 11. The minimum Gasteiger partial charge on any atom is -0.494 e. The average Bonchev–Trinajstić information content (AvgIpc) is 3.19. The maximum Gasteiger partial charge on any atom is 0.416 e. The lowest BCUT2D eigenvalue weighted by molar-refractivity contribution is -0.201. The van der Waals surface area contributed by atoms with Crippen LogP contribution in [0.25, 0.3) is 0 Å². The quantitative estimate of drug-likeness (QED) is 0.120. The predicted octanol–water partition coefficient (Wildman–Crippen LogP) is 6.16. The van der Waals surface area contributed by atoms with Crippen molar-refractivity contribution in [1.29, 1.82) is 0 Å². The molecule has 7 nitrogen and oxygen atoms in total. The van der Waals surface area contributed by atoms with Crippen LogP contribution >= 0.6 is 0 Å². The van der Waals surface area contributed by atoms with Crippen LogP contribution in [0.5, 0.6) is 5.75 Å². The van der Waals surface area contributed by atoms with Gasteiger partial charge in [0.15, 0.2) is 11.3 Å². The smallest absolute Gasteiger partial charge is 0.416 e. The Hall–Kier alpha value is -4.68. The number of alkyl halides is 6. The van der Waals surface area contributed by atoms with Crippen LogP contribution in [0.1, 0.15) is 61.5 Å². The van der Waals surface area contributed by atoms with E-state index in [1.54, 1.807) is 6.92 Å². The second kappa shape index (κ2) is 12.5. The molecule has 1 aliphatic heterocycles. The van der Waals surface area contributed by atoms with Gasteiger partial charge in [0.1, 0.15) is 12.3 Å². The van der Waals surface area contributed by atoms with E-state index in [-0.39, 0.29) is 35.5 Å². The molecule has 1 unspecified atom stereocenters. The zero-order chi connectivity index (χ0) is 32.3. The molecule has 0 aliphatic carbocycles. The number of carbonyl (C=O) groups excluding carboxylic acids is 4. The average molecular weight is 621 g/mol. The molecule has 0 fully saturated rings. The first-order valence-electron chi connectivity index (χ1n) is 13.3. The molecule has 13 heteroatoms. The number of aryl methyl sites for hydroxylation is 1. The maximum atomic E-state index is 15.1. The lowest BCUT2D eigenvalue weighted by Gasteiger charge is -2.37. The summed E-state index contributed by atoms with van der Waals surface area (Å²) in [7, 11) is 0. The maximum absolute atomic E-state index is 15.1. The number of amides is 3. The predicted molar refractivity (Wildman–Crippen MR) is 145 cm³/mol. The lowest BCUT2D eigenvalue weighted by atomic mass is 9.82. The van der Waals surface area contributed by atoms with Gasteiger partial charge in [-0.25, -0.2) is 0 Å². The third kappa shape index (κ3) is 7.09. The van der Waals surface area contributed by atoms with E-state index in [0.29, 0.717) is 4.90 Å². The molecule has 3 aromatic rings. The van der Waals surface area contributed by atoms with Gasteiger partial charge in [-0.2, -0.15) is 26.3 Å². The van der Waals surface area contributed by atoms with Crippen LogP contribution < -0.4 is 10.1 Å². The standard InChI is InChI=1S/C31H26F6N2O5/c1-19-7-9-20(10-8-19)25(40)17-29(31(35,36)37,21-11-13-22(14-12-21)44-16-4-15-30(32,33)34)38-26(41)18-39-27(42)23-5-2-3-6-24(23)28(39)43/h2-3,5-14H,4,15-18H2,1H3,(H,38,41). The number of halogens is 6. The van der Waals surface area contributed by atoms with Crippen molar-refractivity contribution in [2.75, 3.05) is 13.2 Å². The van der Waals surface area contributed by atoms with Gasteiger partial charge in [0.25, 0.3) is 11.8 Å². The molecular weight excluding hydrogens is 594 g/mol. The molecule has 1 aliphatic rings. The van der Waals surface area contributed by atoms with Crippen LogP contribution in [0, 0.1) is 6.92 Å². The van der Waals surface area contributed by atoms with Crippen molar-refractivity contribution in [3.8, 4) is 5.75 Å². The van der Waals surface area contributed by atoms with Gasteiger partial charge >= 0.3 is 12.4 Å². The number of imide groups is 1. The molecule has 1 heterocycles. The summed E-state index contributed by atoms with van der Waals surface area (Å²) in [5.41, 5.74) is -3.21. The molecule has 1 N–H and O–H groups in total. The number of nitrogens with zero attached hydrogens (tertiary/aromatic N) is 1. The summed E-state index contributed by atoms with van der Waals surface area (Å²) < 4.78 is 87.6. The molecule has 44 heavy (non-hydrogen) atoms. The van der Waals surface area contributed by atoms with Gasteiger partial charge in [-0.3, -0.25) is 24.1 Å². The molecule has 4 rings (SSSR count). The Morgan fingerprint density at radius 2 is 1.39 bits per heavy atom. The number of nitrogens with one attached hydrogen (secondary N) is 1. The highest BCUT2D eigenvalue weighted by Crippen LogP contribution is 2.43. The highest BCUT2D eigenvalue weighted by Gasteiger charge is 2.58. The van der Waals surface area contributed by atoms with Crippen molar-refractivity contribution in [3.63, 3.8) is 0 Å². The van der Waals surface area contributed by atoms with E-state index in [0.717, 1.165) is 29.8 Å². The molecule has 3 amide bonds. The number of ketones is 1. The van der Waals surface area contributed by atoms with Gasteiger partial charge in [-0.15, -0.1) is 0 Å². The van der Waals surface area contributed by atoms with E-state index in [1.807, 2.05) is 5.32 Å². The molecule has 3 aromatic carbocycles. The van der Waals surface area contributed by atoms with Crippen molar-refractivity contribution in [2.45, 2.75) is 44.1 Å². The highest BCUT2D eigenvalue weighted by atomic mass is 19.4. The van der Waals surface area contributed by atoms with Crippen molar-refractivity contribution in [1.82, 2.24) is 10.2 Å². The summed E-state index contributed by atoms with van der Waals surface area (Å²) in [5, 5.41) is 1.89. The molecule has 0 aromatic heterocycles. The number of hydrogen-bond acceptors (Lipinski definition) is 5. The van der Waals surface area contributed by atoms with Gasteiger partial charge in [0.05, 0.1) is 17.7 Å². The van der Waals surface area contributed by atoms with Gasteiger partial charge in [-0.1, -0.05) is 54.1 Å². The Bertz CT molecular complexity index is 1520. The van der Waals surface area contributed by atoms with Crippen LogP contribution in [0.15, 0.2) is 72.8 Å². The van der Waals surface area contributed by atoms with Crippen molar-refractivity contribution in [3.05, 3.63) is 101 Å². The van der Waals surface area contributed by atoms with Crippen LogP contribution in [-0.4, -0.2) is 53.9 Å². The summed E-state index contributed by atoms with van der Waals surface area (Å²) in [5.74, 6) is -4.08. The zero-order valence-corrected chi connectivity index (χ0v) is 23.2. The Morgan fingerprint density at radius 1 is 0.818 bits per heavy atom. The fourth-order valence-corrected chi connectivity index (χ4v) is 4.74. The lowest BCUT2D eigenvalue weighted by Crippen LogP contribution is -2.59. The summed E-state index contributed by atoms with van der Waals surface area (Å²) in [6, 6.07) is 15.5. The van der Waals surface area contributed by atoms with E-state index in [4.69, 9.17) is 4.74 Å². The van der Waals surface area contributed by atoms with E-state index >= 15 is 13.2 Å². The molecule has 1 atom stereocenters. The first kappa shape index (κ1) is 32.2. The van der Waals surface area contributed by atoms with E-state index in [9.17, 15) is 32.3 Å². The Balaban J connectivity index is 1.64. The highest BCUT2D eigenvalue weighted by molar-refractivity contribution is 6.22. The minimum atomic E-state index is -5.28. The third-order valence-corrected chi connectivity index (χ3v) is 7.04. The zero-order valence-electron chi connectivity index (χ0n) is 23.2. The normalized spacial score (nSPS) is 14.7. The van der Waals surface area contributed by atoms with E-state index in [2.05, 4.69) is 0 Å². The van der Waals surface area contributed by atoms with Crippen molar-refractivity contribution in [2.24, 2.45) is 0 Å². The monoisotopic (exact) mass is 620 g/mol. The summed E-state index contributed by atoms with van der Waals surface area (Å²) in [4.78, 5) is 52.4. The Kier molecular flexibility index (Phi) is 9.17. The topological polar surface area (TPSA) is 92.8 Å². The van der Waals surface area contributed by atoms with Crippen molar-refractivity contribution < 1.29 is 50.3 Å². The molecular formula is C31H26F6N2O5. The Labute approximate surface area is 247 Å². The molecule has 0 bridgehead atoms. The fourth-order valence-electron chi connectivity index (χ4n) is 4.74. The van der Waals surface area contributed by atoms with Gasteiger partial charge in [-0.05, 0) is 43.2 Å². The van der Waals surface area contributed by atoms with Crippen molar-refractivity contribution >= 4 is 23.5 Å². The molecule has 0 saturated carbocycles. The molecule has 232 valence electrons. The largest absolute Gasteiger partial charge is 0.494 e. The number of carbonyl (C=O) groups is 4. The number of fused-ring (bicyclic) bond motifs is 1. The van der Waals surface area contributed by atoms with Gasteiger partial charge < -0.3 is 10.1 Å². The number of ether oxygens (including phenoxy) is 1. The molecule has 0 spiro atoms. The van der Waals surface area contributed by atoms with Crippen LogP contribution in [0.2, 0.25) is 0 Å². The number of benzene rings is 3. The molecule has 0 radical (unpaired) electrons. The second-order valence-electron chi connectivity index (χ2n) is 10.3. The number of hydrogen-bond donors (Lipinski definition) is 1. The first-order chi connectivity index (χ1) is 20.6. The van der Waals surface area contributed by atoms with E-state index in [1.165, 1.54) is 48.5 Å². The van der Waals surface area contributed by atoms with Gasteiger partial charge in [0, 0.05) is 18.4 Å². The molecule has 0 saturated heterocycles. The summed E-state index contributed by atoms with van der Waals surface area (Å²) in [6.45, 7) is 0.315. The fraction of sp³-hybridized carbons (Fsp3) is 0.290. The third-order valence-electron chi connectivity index (χ3n) is 7.04. The van der Waals surface area contributed by atoms with Crippen LogP contribution in [0.4, 0.5) is 26.3 Å².